The lowest BCUT2D eigenvalue weighted by Crippen LogP contribution is -1.94. The highest BCUT2D eigenvalue weighted by molar-refractivity contribution is 9.10. The van der Waals surface area contributed by atoms with Gasteiger partial charge in [0.05, 0.1) is 16.0 Å². The van der Waals surface area contributed by atoms with Crippen molar-refractivity contribution in [1.29, 1.82) is 0 Å². The van der Waals surface area contributed by atoms with Crippen molar-refractivity contribution in [3.8, 4) is 21.8 Å². The van der Waals surface area contributed by atoms with E-state index in [1.807, 2.05) is 24.3 Å². The third-order valence-electron chi connectivity index (χ3n) is 2.62. The van der Waals surface area contributed by atoms with Crippen LogP contribution in [-0.2, 0) is 0 Å². The average molecular weight is 387 g/mol. The van der Waals surface area contributed by atoms with Gasteiger partial charge in [0.1, 0.15) is 10.3 Å². The van der Waals surface area contributed by atoms with Crippen molar-refractivity contribution in [3.05, 3.63) is 50.8 Å². The Kier molecular flexibility index (Phi) is 4.03. The molecule has 0 unspecified atom stereocenters. The van der Waals surface area contributed by atoms with Gasteiger partial charge in [0.2, 0.25) is 0 Å². The zero-order valence-electron chi connectivity index (χ0n) is 9.85. The van der Waals surface area contributed by atoms with E-state index >= 15 is 0 Å². The molecule has 0 aliphatic rings. The molecule has 0 bridgehead atoms. The molecule has 0 N–H and O–H groups in total. The van der Waals surface area contributed by atoms with Crippen molar-refractivity contribution in [1.82, 2.24) is 15.0 Å². The molecule has 0 saturated heterocycles. The summed E-state index contributed by atoms with van der Waals surface area (Å²) in [7, 11) is 0. The van der Waals surface area contributed by atoms with Gasteiger partial charge in [-0.05, 0) is 6.07 Å². The highest BCUT2D eigenvalue weighted by Gasteiger charge is 2.16. The van der Waals surface area contributed by atoms with Gasteiger partial charge in [0.15, 0.2) is 5.82 Å². The van der Waals surface area contributed by atoms with Crippen LogP contribution in [0.3, 0.4) is 0 Å². The fourth-order valence-electron chi connectivity index (χ4n) is 1.73. The Morgan fingerprint density at radius 2 is 1.75 bits per heavy atom. The predicted octanol–water partition coefficient (Wildman–Crippen LogP) is 5.34. The predicted molar refractivity (Wildman–Crippen MR) is 86.3 cm³/mol. The van der Waals surface area contributed by atoms with Crippen LogP contribution in [0.5, 0.6) is 0 Å². The molecule has 20 heavy (non-hydrogen) atoms. The Morgan fingerprint density at radius 3 is 2.35 bits per heavy atom. The molecular formula is C13H6BrCl2N3S. The molecule has 0 aliphatic carbocycles. The van der Waals surface area contributed by atoms with Crippen LogP contribution in [0.15, 0.2) is 40.4 Å². The van der Waals surface area contributed by atoms with Gasteiger partial charge in [-0.1, -0.05) is 57.3 Å². The maximum atomic E-state index is 6.29. The molecule has 1 aromatic carbocycles. The summed E-state index contributed by atoms with van der Waals surface area (Å²) in [5.41, 5.74) is 3.19. The Hall–Kier alpha value is -1.01. The number of hydrogen-bond donors (Lipinski definition) is 0. The van der Waals surface area contributed by atoms with Gasteiger partial charge in [-0.3, -0.25) is 4.98 Å². The van der Waals surface area contributed by atoms with Crippen LogP contribution in [0.1, 0.15) is 0 Å². The molecule has 7 heteroatoms. The van der Waals surface area contributed by atoms with Crippen molar-refractivity contribution in [2.75, 3.05) is 0 Å². The lowest BCUT2D eigenvalue weighted by atomic mass is 10.1. The van der Waals surface area contributed by atoms with Crippen LogP contribution in [0.25, 0.3) is 21.8 Å². The Labute approximate surface area is 137 Å². The van der Waals surface area contributed by atoms with Crippen LogP contribution in [-0.4, -0.2) is 15.0 Å². The van der Waals surface area contributed by atoms with Gasteiger partial charge >= 0.3 is 0 Å². The van der Waals surface area contributed by atoms with Crippen molar-refractivity contribution in [3.63, 3.8) is 0 Å². The largest absolute Gasteiger partial charge is 0.252 e. The summed E-state index contributed by atoms with van der Waals surface area (Å²) in [6.07, 6.45) is 1.69. The summed E-state index contributed by atoms with van der Waals surface area (Å²) >= 11 is 17.5. The highest BCUT2D eigenvalue weighted by atomic mass is 79.9. The first-order valence-electron chi connectivity index (χ1n) is 5.53. The van der Waals surface area contributed by atoms with E-state index in [2.05, 4.69) is 30.9 Å². The van der Waals surface area contributed by atoms with E-state index in [1.165, 1.54) is 11.3 Å². The summed E-state index contributed by atoms with van der Waals surface area (Å²) in [5.74, 6) is 0.485. The molecule has 0 saturated carbocycles. The molecule has 0 radical (unpaired) electrons. The third-order valence-corrected chi connectivity index (χ3v) is 4.62. The summed E-state index contributed by atoms with van der Waals surface area (Å²) in [6.45, 7) is 0. The van der Waals surface area contributed by atoms with Gasteiger partial charge in [-0.2, -0.15) is 0 Å². The number of nitrogens with zero attached hydrogens (tertiary/aromatic N) is 3. The van der Waals surface area contributed by atoms with Crippen LogP contribution in [0, 0.1) is 0 Å². The van der Waals surface area contributed by atoms with Crippen LogP contribution in [0.4, 0.5) is 0 Å². The first kappa shape index (κ1) is 13.9. The minimum absolute atomic E-state index is 0.320. The SMILES string of the molecule is Clc1nc(-c2cncs2)nc(Cl)c1-c1ccccc1Br. The molecule has 3 nitrogen and oxygen atoms in total. The third kappa shape index (κ3) is 2.59. The van der Waals surface area contributed by atoms with Crippen molar-refractivity contribution in [2.24, 2.45) is 0 Å². The standard InChI is InChI=1S/C13H6BrCl2N3S/c14-8-4-2-1-3-7(8)10-11(15)18-13(19-12(10)16)9-5-17-6-20-9/h1-6H. The first-order chi connectivity index (χ1) is 9.66. The molecule has 2 heterocycles. The monoisotopic (exact) mass is 385 g/mol. The minimum Gasteiger partial charge on any atom is -0.252 e. The number of aromatic nitrogens is 3. The summed E-state index contributed by atoms with van der Waals surface area (Å²) in [6, 6.07) is 7.65. The van der Waals surface area contributed by atoms with Gasteiger partial charge < -0.3 is 0 Å². The molecule has 0 spiro atoms. The van der Waals surface area contributed by atoms with E-state index < -0.39 is 0 Å². The topological polar surface area (TPSA) is 38.7 Å². The Morgan fingerprint density at radius 1 is 1.05 bits per heavy atom. The summed E-state index contributed by atoms with van der Waals surface area (Å²) in [4.78, 5) is 13.5. The van der Waals surface area contributed by atoms with E-state index in [-0.39, 0.29) is 0 Å². The Balaban J connectivity index is 2.17. The van der Waals surface area contributed by atoms with E-state index in [0.29, 0.717) is 21.7 Å². The molecular weight excluding hydrogens is 381 g/mol. The molecule has 0 fully saturated rings. The van der Waals surface area contributed by atoms with Gasteiger partial charge in [-0.25, -0.2) is 9.97 Å². The van der Waals surface area contributed by atoms with E-state index in [4.69, 9.17) is 23.2 Å². The number of benzene rings is 1. The normalized spacial score (nSPS) is 10.8. The second-order valence-electron chi connectivity index (χ2n) is 3.85. The van der Waals surface area contributed by atoms with Gasteiger partial charge in [0, 0.05) is 16.2 Å². The molecule has 3 rings (SSSR count). The maximum Gasteiger partial charge on any atom is 0.174 e. The summed E-state index contributed by atoms with van der Waals surface area (Å²) < 4.78 is 0.887. The lowest BCUT2D eigenvalue weighted by Gasteiger charge is -2.09. The van der Waals surface area contributed by atoms with Crippen molar-refractivity contribution < 1.29 is 0 Å². The molecule has 0 aliphatic heterocycles. The van der Waals surface area contributed by atoms with Crippen LogP contribution < -0.4 is 0 Å². The van der Waals surface area contributed by atoms with Crippen LogP contribution >= 0.6 is 50.5 Å². The number of hydrogen-bond acceptors (Lipinski definition) is 4. The van der Waals surface area contributed by atoms with Crippen LogP contribution in [0.2, 0.25) is 10.3 Å². The number of rotatable bonds is 2. The van der Waals surface area contributed by atoms with E-state index in [1.54, 1.807) is 11.7 Å². The first-order valence-corrected chi connectivity index (χ1v) is 7.96. The second-order valence-corrected chi connectivity index (χ2v) is 6.31. The second kappa shape index (κ2) is 5.77. The zero-order chi connectivity index (χ0) is 14.1. The number of thiazole rings is 1. The zero-order valence-corrected chi connectivity index (χ0v) is 13.8. The molecule has 3 aromatic rings. The van der Waals surface area contributed by atoms with Gasteiger partial charge in [0.25, 0.3) is 0 Å². The minimum atomic E-state index is 0.320. The van der Waals surface area contributed by atoms with Crippen molar-refractivity contribution >= 4 is 50.5 Å². The van der Waals surface area contributed by atoms with E-state index in [9.17, 15) is 0 Å². The molecule has 100 valence electrons. The molecule has 0 amide bonds. The average Bonchev–Trinajstić information content (AvgIpc) is 2.94. The number of halogens is 3. The lowest BCUT2D eigenvalue weighted by molar-refractivity contribution is 1.18. The molecule has 2 aromatic heterocycles. The fraction of sp³-hybridized carbons (Fsp3) is 0. The van der Waals surface area contributed by atoms with Gasteiger partial charge in [-0.15, -0.1) is 11.3 Å². The Bertz CT molecular complexity index is 739. The van der Waals surface area contributed by atoms with Crippen molar-refractivity contribution in [2.45, 2.75) is 0 Å². The van der Waals surface area contributed by atoms with E-state index in [0.717, 1.165) is 14.9 Å². The highest BCUT2D eigenvalue weighted by Crippen LogP contribution is 2.38. The smallest absolute Gasteiger partial charge is 0.174 e. The maximum absolute atomic E-state index is 6.29. The fourth-order valence-corrected chi connectivity index (χ4v) is 3.36. The molecule has 0 atom stereocenters. The summed E-state index contributed by atoms with van der Waals surface area (Å²) in [5, 5.41) is 0.639. The quantitative estimate of drug-likeness (QED) is 0.558.